The molecule has 3 aromatic rings. The van der Waals surface area contributed by atoms with Crippen LogP contribution >= 0.6 is 0 Å². The molecule has 3 rings (SSSR count). The lowest BCUT2D eigenvalue weighted by Crippen LogP contribution is -2.34. The number of aryl methyl sites for hydroxylation is 1. The molecule has 1 N–H and O–H groups in total. The molecule has 0 saturated heterocycles. The third-order valence-electron chi connectivity index (χ3n) is 3.73. The number of hydrogen-bond acceptors (Lipinski definition) is 4. The Bertz CT molecular complexity index is 963. The van der Waals surface area contributed by atoms with Gasteiger partial charge in [0.15, 0.2) is 0 Å². The van der Waals surface area contributed by atoms with Crippen molar-refractivity contribution in [3.8, 4) is 0 Å². The largest absolute Gasteiger partial charge is 0.352 e. The molecule has 0 aliphatic heterocycles. The van der Waals surface area contributed by atoms with Gasteiger partial charge in [0.2, 0.25) is 5.91 Å². The molecule has 2 heterocycles. The minimum absolute atomic E-state index is 0.226. The summed E-state index contributed by atoms with van der Waals surface area (Å²) in [6.45, 7) is 3.18. The molecule has 1 aromatic carbocycles. The summed E-state index contributed by atoms with van der Waals surface area (Å²) < 4.78 is 15.9. The number of halogens is 1. The summed E-state index contributed by atoms with van der Waals surface area (Å²) in [5.74, 6) is -0.491. The van der Waals surface area contributed by atoms with Crippen molar-refractivity contribution in [2.75, 3.05) is 0 Å². The number of hydrogen-bond donors (Lipinski definition) is 1. The molecule has 0 fully saturated rings. The van der Waals surface area contributed by atoms with Crippen LogP contribution in [0.3, 0.4) is 0 Å². The molecule has 0 aliphatic carbocycles. The fourth-order valence-corrected chi connectivity index (χ4v) is 2.35. The molecule has 0 aliphatic rings. The summed E-state index contributed by atoms with van der Waals surface area (Å²) in [6.07, 6.45) is 3.05. The molecule has 1 amide bonds. The first kappa shape index (κ1) is 15.9. The van der Waals surface area contributed by atoms with Crippen LogP contribution in [-0.2, 0) is 11.3 Å². The Morgan fingerprint density at radius 3 is 2.92 bits per heavy atom. The minimum atomic E-state index is -0.442. The number of benzene rings is 1. The van der Waals surface area contributed by atoms with E-state index in [0.717, 1.165) is 4.68 Å². The Morgan fingerprint density at radius 1 is 1.42 bits per heavy atom. The third-order valence-corrected chi connectivity index (χ3v) is 3.73. The van der Waals surface area contributed by atoms with Gasteiger partial charge < -0.3 is 5.32 Å². The Hall–Kier alpha value is -3.03. The monoisotopic (exact) mass is 329 g/mol. The number of carbonyl (C=O) groups is 1. The second-order valence-corrected chi connectivity index (χ2v) is 5.53. The van der Waals surface area contributed by atoms with E-state index >= 15 is 0 Å². The molecule has 0 radical (unpaired) electrons. The van der Waals surface area contributed by atoms with Crippen molar-refractivity contribution < 1.29 is 9.18 Å². The predicted molar refractivity (Wildman–Crippen MR) is 84.9 cm³/mol. The van der Waals surface area contributed by atoms with Crippen molar-refractivity contribution in [3.63, 3.8) is 0 Å². The quantitative estimate of drug-likeness (QED) is 0.780. The number of amides is 1. The van der Waals surface area contributed by atoms with E-state index in [1.54, 1.807) is 32.0 Å². The van der Waals surface area contributed by atoms with E-state index < -0.39 is 17.6 Å². The highest BCUT2D eigenvalue weighted by atomic mass is 19.1. The van der Waals surface area contributed by atoms with Gasteiger partial charge in [-0.05, 0) is 37.1 Å². The second-order valence-electron chi connectivity index (χ2n) is 5.53. The SMILES string of the molecule is Cc1ccc([C@H](C)NC(=O)Cn2nc3ncccn3c2=O)cc1F. The van der Waals surface area contributed by atoms with Gasteiger partial charge in [-0.2, -0.15) is 0 Å². The normalized spacial score (nSPS) is 12.3. The molecule has 0 unspecified atom stereocenters. The van der Waals surface area contributed by atoms with Crippen LogP contribution in [0, 0.1) is 12.7 Å². The average Bonchev–Trinajstić information content (AvgIpc) is 2.86. The Kier molecular flexibility index (Phi) is 4.11. The standard InChI is InChI=1S/C16H16FN5O2/c1-10-4-5-12(8-13(10)17)11(2)19-14(23)9-22-16(24)21-7-3-6-18-15(21)20-22/h3-8,11H,9H2,1-2H3,(H,19,23)/t11-/m0/s1. The summed E-state index contributed by atoms with van der Waals surface area (Å²) in [5.41, 5.74) is 0.749. The van der Waals surface area contributed by atoms with Gasteiger partial charge in [0.1, 0.15) is 12.4 Å². The number of nitrogens with zero attached hydrogens (tertiary/aromatic N) is 4. The molecule has 0 saturated carbocycles. The van der Waals surface area contributed by atoms with Crippen LogP contribution in [0.25, 0.3) is 5.78 Å². The third kappa shape index (κ3) is 3.03. The van der Waals surface area contributed by atoms with Gasteiger partial charge in [0, 0.05) is 12.4 Å². The van der Waals surface area contributed by atoms with Crippen LogP contribution in [-0.4, -0.2) is 25.1 Å². The average molecular weight is 329 g/mol. The molecule has 0 spiro atoms. The van der Waals surface area contributed by atoms with Crippen LogP contribution in [0.5, 0.6) is 0 Å². The first-order chi connectivity index (χ1) is 11.5. The Labute approximate surface area is 136 Å². The summed E-state index contributed by atoms with van der Waals surface area (Å²) in [7, 11) is 0. The van der Waals surface area contributed by atoms with E-state index in [4.69, 9.17) is 0 Å². The fraction of sp³-hybridized carbons (Fsp3) is 0.250. The Balaban J connectivity index is 1.73. The van der Waals surface area contributed by atoms with Crippen LogP contribution in [0.4, 0.5) is 4.39 Å². The zero-order valence-corrected chi connectivity index (χ0v) is 13.2. The minimum Gasteiger partial charge on any atom is -0.348 e. The van der Waals surface area contributed by atoms with Gasteiger partial charge in [0.05, 0.1) is 6.04 Å². The van der Waals surface area contributed by atoms with Crippen molar-refractivity contribution in [1.29, 1.82) is 0 Å². The maximum atomic E-state index is 13.6. The lowest BCUT2D eigenvalue weighted by molar-refractivity contribution is -0.122. The number of nitrogens with one attached hydrogen (secondary N) is 1. The van der Waals surface area contributed by atoms with Gasteiger partial charge in [0.25, 0.3) is 5.78 Å². The van der Waals surface area contributed by atoms with Crippen LogP contribution in [0.2, 0.25) is 0 Å². The molecule has 7 nitrogen and oxygen atoms in total. The summed E-state index contributed by atoms with van der Waals surface area (Å²) in [6, 6.07) is 6.02. The summed E-state index contributed by atoms with van der Waals surface area (Å²) >= 11 is 0. The fourth-order valence-electron chi connectivity index (χ4n) is 2.35. The Morgan fingerprint density at radius 2 is 2.21 bits per heavy atom. The molecule has 1 atom stereocenters. The van der Waals surface area contributed by atoms with Crippen molar-refractivity contribution in [3.05, 3.63) is 64.1 Å². The maximum absolute atomic E-state index is 13.6. The summed E-state index contributed by atoms with van der Waals surface area (Å²) in [4.78, 5) is 28.2. The molecule has 0 bridgehead atoms. The predicted octanol–water partition coefficient (Wildman–Crippen LogP) is 1.22. The van der Waals surface area contributed by atoms with E-state index in [2.05, 4.69) is 15.4 Å². The highest BCUT2D eigenvalue weighted by molar-refractivity contribution is 5.76. The highest BCUT2D eigenvalue weighted by Crippen LogP contribution is 2.16. The van der Waals surface area contributed by atoms with E-state index in [-0.39, 0.29) is 18.1 Å². The van der Waals surface area contributed by atoms with E-state index in [9.17, 15) is 14.0 Å². The molecule has 124 valence electrons. The van der Waals surface area contributed by atoms with Crippen LogP contribution < -0.4 is 11.0 Å². The van der Waals surface area contributed by atoms with E-state index in [1.165, 1.54) is 22.9 Å². The van der Waals surface area contributed by atoms with Gasteiger partial charge >= 0.3 is 5.69 Å². The topological polar surface area (TPSA) is 81.3 Å². The van der Waals surface area contributed by atoms with Crippen LogP contribution in [0.15, 0.2) is 41.5 Å². The van der Waals surface area contributed by atoms with Crippen LogP contribution in [0.1, 0.15) is 24.1 Å². The number of aromatic nitrogens is 4. The van der Waals surface area contributed by atoms with E-state index in [0.29, 0.717) is 11.1 Å². The zero-order chi connectivity index (χ0) is 17.3. The smallest absolute Gasteiger partial charge is 0.348 e. The molecular weight excluding hydrogens is 313 g/mol. The van der Waals surface area contributed by atoms with Crippen molar-refractivity contribution in [1.82, 2.24) is 24.5 Å². The first-order valence-electron chi connectivity index (χ1n) is 7.41. The molecule has 2 aromatic heterocycles. The molecular formula is C16H16FN5O2. The van der Waals surface area contributed by atoms with Gasteiger partial charge in [-0.3, -0.25) is 4.79 Å². The number of carbonyl (C=O) groups excluding carboxylic acids is 1. The lowest BCUT2D eigenvalue weighted by atomic mass is 10.1. The van der Waals surface area contributed by atoms with Gasteiger partial charge in [-0.1, -0.05) is 12.1 Å². The van der Waals surface area contributed by atoms with Crippen molar-refractivity contribution in [2.45, 2.75) is 26.4 Å². The van der Waals surface area contributed by atoms with Crippen molar-refractivity contribution in [2.24, 2.45) is 0 Å². The number of rotatable bonds is 4. The lowest BCUT2D eigenvalue weighted by Gasteiger charge is -2.14. The first-order valence-corrected chi connectivity index (χ1v) is 7.41. The molecule has 24 heavy (non-hydrogen) atoms. The van der Waals surface area contributed by atoms with Gasteiger partial charge in [-0.15, -0.1) is 5.10 Å². The zero-order valence-electron chi connectivity index (χ0n) is 13.2. The maximum Gasteiger partial charge on any atom is 0.352 e. The van der Waals surface area contributed by atoms with Crippen molar-refractivity contribution >= 4 is 11.7 Å². The second kappa shape index (κ2) is 6.23. The van der Waals surface area contributed by atoms with E-state index in [1.807, 2.05) is 0 Å². The molecule has 8 heteroatoms. The van der Waals surface area contributed by atoms with Gasteiger partial charge in [-0.25, -0.2) is 23.3 Å². The highest BCUT2D eigenvalue weighted by Gasteiger charge is 2.14. The summed E-state index contributed by atoms with van der Waals surface area (Å²) in [5, 5.41) is 6.72. The number of fused-ring (bicyclic) bond motifs is 1.